The average Bonchev–Trinajstić information content (AvgIpc) is 2.73. The number of alkyl halides is 3. The molecular formula is C22H26F3N5O3. The monoisotopic (exact) mass is 465 g/mol. The van der Waals surface area contributed by atoms with Gasteiger partial charge in [0.25, 0.3) is 0 Å². The van der Waals surface area contributed by atoms with Crippen LogP contribution in [0.1, 0.15) is 32.8 Å². The molecule has 1 atom stereocenters. The summed E-state index contributed by atoms with van der Waals surface area (Å²) in [7, 11) is 0. The minimum absolute atomic E-state index is 0.123. The van der Waals surface area contributed by atoms with Crippen molar-refractivity contribution >= 4 is 29.7 Å². The average molecular weight is 465 g/mol. The fraction of sp³-hybridized carbons (Fsp3) is 0.455. The van der Waals surface area contributed by atoms with Gasteiger partial charge in [0, 0.05) is 44.1 Å². The number of ether oxygens (including phenoxy) is 1. The van der Waals surface area contributed by atoms with E-state index >= 15 is 0 Å². The molecule has 0 aliphatic carbocycles. The zero-order chi connectivity index (χ0) is 24.2. The molecule has 11 heteroatoms. The first-order valence-corrected chi connectivity index (χ1v) is 10.4. The number of amides is 1. The van der Waals surface area contributed by atoms with Gasteiger partial charge in [0.2, 0.25) is 0 Å². The molecule has 2 heterocycles. The number of carbonyl (C=O) groups is 2. The first kappa shape index (κ1) is 24.3. The van der Waals surface area contributed by atoms with Crippen molar-refractivity contribution in [1.29, 1.82) is 0 Å². The molecule has 0 radical (unpaired) electrons. The van der Waals surface area contributed by atoms with Gasteiger partial charge in [-0.3, -0.25) is 0 Å². The highest BCUT2D eigenvalue weighted by Gasteiger charge is 2.34. The highest BCUT2D eigenvalue weighted by atomic mass is 19.4. The molecule has 8 nitrogen and oxygen atoms in total. The Morgan fingerprint density at radius 2 is 1.82 bits per heavy atom. The molecular weight excluding hydrogens is 439 g/mol. The van der Waals surface area contributed by atoms with Crippen molar-refractivity contribution in [2.45, 2.75) is 45.0 Å². The van der Waals surface area contributed by atoms with Gasteiger partial charge >= 0.3 is 12.3 Å². The van der Waals surface area contributed by atoms with E-state index in [0.717, 1.165) is 18.4 Å². The number of hydrogen-bond acceptors (Lipinski definition) is 7. The Labute approximate surface area is 189 Å². The Bertz CT molecular complexity index is 976. The summed E-state index contributed by atoms with van der Waals surface area (Å²) in [5.41, 5.74) is -0.993. The van der Waals surface area contributed by atoms with E-state index in [0.29, 0.717) is 37.0 Å². The third kappa shape index (κ3) is 6.33. The normalized spacial score (nSPS) is 17.0. The molecule has 1 aliphatic heterocycles. The molecule has 1 N–H and O–H groups in total. The lowest BCUT2D eigenvalue weighted by atomic mass is 10.1. The van der Waals surface area contributed by atoms with Gasteiger partial charge in [-0.2, -0.15) is 13.2 Å². The SMILES string of the molecule is CC(C)(C)OC(=O)N1CCN(c2nccnc2Nc2ccc(C(F)(F)F)cc2)CC1CC=O. The minimum Gasteiger partial charge on any atom is -0.444 e. The molecule has 3 rings (SSSR count). The lowest BCUT2D eigenvalue weighted by Gasteiger charge is -2.41. The van der Waals surface area contributed by atoms with Gasteiger partial charge in [0.1, 0.15) is 11.9 Å². The number of nitrogens with one attached hydrogen (secondary N) is 1. The summed E-state index contributed by atoms with van der Waals surface area (Å²) in [5, 5.41) is 3.00. The number of benzene rings is 1. The quantitative estimate of drug-likeness (QED) is 0.661. The van der Waals surface area contributed by atoms with Crippen molar-refractivity contribution in [3.05, 3.63) is 42.2 Å². The van der Waals surface area contributed by atoms with Crippen LogP contribution < -0.4 is 10.2 Å². The fourth-order valence-electron chi connectivity index (χ4n) is 3.45. The van der Waals surface area contributed by atoms with Crippen LogP contribution in [-0.2, 0) is 15.7 Å². The Morgan fingerprint density at radius 3 is 2.42 bits per heavy atom. The van der Waals surface area contributed by atoms with E-state index in [1.165, 1.54) is 29.4 Å². The van der Waals surface area contributed by atoms with Crippen LogP contribution in [0.15, 0.2) is 36.7 Å². The van der Waals surface area contributed by atoms with E-state index in [-0.39, 0.29) is 6.42 Å². The second-order valence-electron chi connectivity index (χ2n) is 8.60. The molecule has 1 unspecified atom stereocenters. The van der Waals surface area contributed by atoms with Crippen molar-refractivity contribution in [1.82, 2.24) is 14.9 Å². The number of nitrogens with zero attached hydrogens (tertiary/aromatic N) is 4. The molecule has 1 amide bonds. The highest BCUT2D eigenvalue weighted by molar-refractivity contribution is 5.72. The van der Waals surface area contributed by atoms with Crippen LogP contribution in [0.5, 0.6) is 0 Å². The number of aromatic nitrogens is 2. The molecule has 1 aromatic heterocycles. The third-order valence-corrected chi connectivity index (χ3v) is 4.93. The van der Waals surface area contributed by atoms with Crippen LogP contribution >= 0.6 is 0 Å². The predicted octanol–water partition coefficient (Wildman–Crippen LogP) is 4.25. The van der Waals surface area contributed by atoms with Crippen molar-refractivity contribution in [2.24, 2.45) is 0 Å². The summed E-state index contributed by atoms with van der Waals surface area (Å²) in [6.45, 7) is 6.36. The van der Waals surface area contributed by atoms with E-state index in [2.05, 4.69) is 15.3 Å². The van der Waals surface area contributed by atoms with Crippen molar-refractivity contribution in [3.63, 3.8) is 0 Å². The first-order chi connectivity index (χ1) is 15.5. The van der Waals surface area contributed by atoms with E-state index in [1.807, 2.05) is 4.90 Å². The van der Waals surface area contributed by atoms with Crippen molar-refractivity contribution < 1.29 is 27.5 Å². The number of halogens is 3. The van der Waals surface area contributed by atoms with Gasteiger partial charge in [0.05, 0.1) is 11.6 Å². The van der Waals surface area contributed by atoms with Crippen LogP contribution in [-0.4, -0.2) is 58.5 Å². The molecule has 2 aromatic rings. The topological polar surface area (TPSA) is 87.7 Å². The zero-order valence-corrected chi connectivity index (χ0v) is 18.6. The molecule has 1 fully saturated rings. The zero-order valence-electron chi connectivity index (χ0n) is 18.6. The largest absolute Gasteiger partial charge is 0.444 e. The Morgan fingerprint density at radius 1 is 1.15 bits per heavy atom. The van der Waals surface area contributed by atoms with E-state index in [9.17, 15) is 22.8 Å². The van der Waals surface area contributed by atoms with Gasteiger partial charge in [-0.25, -0.2) is 14.8 Å². The number of carbonyl (C=O) groups excluding carboxylic acids is 2. The molecule has 1 saturated heterocycles. The molecule has 0 saturated carbocycles. The summed E-state index contributed by atoms with van der Waals surface area (Å²) in [6, 6.07) is 4.18. The van der Waals surface area contributed by atoms with Gasteiger partial charge in [-0.15, -0.1) is 0 Å². The maximum Gasteiger partial charge on any atom is 0.416 e. The minimum atomic E-state index is -4.42. The molecule has 0 spiro atoms. The van der Waals surface area contributed by atoms with Crippen molar-refractivity contribution in [3.8, 4) is 0 Å². The molecule has 1 aliphatic rings. The maximum atomic E-state index is 12.8. The van der Waals surface area contributed by atoms with Gasteiger partial charge < -0.3 is 24.6 Å². The van der Waals surface area contributed by atoms with Crippen LogP contribution in [0.25, 0.3) is 0 Å². The summed E-state index contributed by atoms with van der Waals surface area (Å²) >= 11 is 0. The van der Waals surface area contributed by atoms with Crippen LogP contribution in [0.3, 0.4) is 0 Å². The lowest BCUT2D eigenvalue weighted by Crippen LogP contribution is -2.56. The molecule has 0 bridgehead atoms. The number of anilines is 3. The molecule has 33 heavy (non-hydrogen) atoms. The third-order valence-electron chi connectivity index (χ3n) is 4.93. The van der Waals surface area contributed by atoms with E-state index in [4.69, 9.17) is 4.74 Å². The second-order valence-corrected chi connectivity index (χ2v) is 8.60. The number of piperazine rings is 1. The molecule has 178 valence electrons. The Hall–Kier alpha value is -3.37. The maximum absolute atomic E-state index is 12.8. The van der Waals surface area contributed by atoms with Crippen LogP contribution in [0, 0.1) is 0 Å². The van der Waals surface area contributed by atoms with Gasteiger partial charge in [-0.05, 0) is 45.0 Å². The van der Waals surface area contributed by atoms with E-state index < -0.39 is 29.5 Å². The van der Waals surface area contributed by atoms with Gasteiger partial charge in [0.15, 0.2) is 11.6 Å². The first-order valence-electron chi connectivity index (χ1n) is 10.4. The number of aldehydes is 1. The fourth-order valence-corrected chi connectivity index (χ4v) is 3.45. The van der Waals surface area contributed by atoms with Crippen molar-refractivity contribution in [2.75, 3.05) is 29.9 Å². The van der Waals surface area contributed by atoms with Crippen LogP contribution in [0.2, 0.25) is 0 Å². The Balaban J connectivity index is 1.78. The predicted molar refractivity (Wildman–Crippen MR) is 116 cm³/mol. The highest BCUT2D eigenvalue weighted by Crippen LogP contribution is 2.32. The van der Waals surface area contributed by atoms with Gasteiger partial charge in [-0.1, -0.05) is 0 Å². The summed E-state index contributed by atoms with van der Waals surface area (Å²) in [4.78, 5) is 35.9. The lowest BCUT2D eigenvalue weighted by molar-refractivity contribution is -0.137. The summed E-state index contributed by atoms with van der Waals surface area (Å²) in [6.07, 6.45) is -1.06. The van der Waals surface area contributed by atoms with E-state index in [1.54, 1.807) is 20.8 Å². The number of hydrogen-bond donors (Lipinski definition) is 1. The second kappa shape index (κ2) is 9.63. The standard InChI is InChI=1S/C22H26F3N5O3/c1-21(2,3)33-20(32)30-12-11-29(14-17(30)8-13-31)19-18(26-9-10-27-19)28-16-6-4-15(5-7-16)22(23,24)25/h4-7,9-10,13,17H,8,11-12,14H2,1-3H3,(H,26,28). The Kier molecular flexibility index (Phi) is 7.09. The summed E-state index contributed by atoms with van der Waals surface area (Å²) < 4.78 is 43.9. The molecule has 1 aromatic carbocycles. The summed E-state index contributed by atoms with van der Waals surface area (Å²) in [5.74, 6) is 0.824. The number of rotatable bonds is 5. The smallest absolute Gasteiger partial charge is 0.416 e. The van der Waals surface area contributed by atoms with Crippen LogP contribution in [0.4, 0.5) is 35.3 Å².